The lowest BCUT2D eigenvalue weighted by molar-refractivity contribution is -0.383. The van der Waals surface area contributed by atoms with Gasteiger partial charge in [0.25, 0.3) is 0 Å². The van der Waals surface area contributed by atoms with Crippen LogP contribution in [0.5, 0.6) is 0 Å². The van der Waals surface area contributed by atoms with Crippen LogP contribution in [0.15, 0.2) is 48.9 Å². The molecule has 1 aromatic carbocycles. The van der Waals surface area contributed by atoms with Crippen molar-refractivity contribution >= 4 is 34.6 Å². The van der Waals surface area contributed by atoms with E-state index in [1.54, 1.807) is 36.5 Å². The highest BCUT2D eigenvalue weighted by atomic mass is 16.6. The number of nitrogens with one attached hydrogen (secondary N) is 2. The zero-order valence-corrected chi connectivity index (χ0v) is 14.6. The summed E-state index contributed by atoms with van der Waals surface area (Å²) in [5.74, 6) is 0.331. The normalized spacial score (nSPS) is 10.3. The number of anilines is 4. The molecule has 9 nitrogen and oxygen atoms in total. The molecule has 0 radical (unpaired) electrons. The van der Waals surface area contributed by atoms with E-state index in [9.17, 15) is 14.9 Å². The number of carbonyl (C=O) groups is 1. The number of carbonyl (C=O) groups excluding carboxylic acids is 1. The first kappa shape index (κ1) is 17.9. The van der Waals surface area contributed by atoms with E-state index in [2.05, 4.69) is 25.6 Å². The van der Waals surface area contributed by atoms with Gasteiger partial charge in [-0.25, -0.2) is 15.0 Å². The van der Waals surface area contributed by atoms with Crippen LogP contribution in [-0.2, 0) is 0 Å². The molecule has 0 fully saturated rings. The maximum Gasteiger partial charge on any atom is 0.353 e. The second kappa shape index (κ2) is 7.56. The van der Waals surface area contributed by atoms with Gasteiger partial charge in [-0.1, -0.05) is 18.2 Å². The first-order chi connectivity index (χ1) is 12.9. The van der Waals surface area contributed by atoms with Crippen LogP contribution in [0, 0.1) is 17.0 Å². The molecule has 0 aliphatic rings. The Morgan fingerprint density at radius 2 is 1.81 bits per heavy atom. The Bertz CT molecular complexity index is 1000. The van der Waals surface area contributed by atoms with Crippen LogP contribution in [0.3, 0.4) is 0 Å². The molecule has 0 aliphatic carbocycles. The van der Waals surface area contributed by atoms with Crippen molar-refractivity contribution in [2.45, 2.75) is 13.8 Å². The number of pyridine rings is 1. The van der Waals surface area contributed by atoms with Crippen LogP contribution in [-0.4, -0.2) is 25.7 Å². The third kappa shape index (κ3) is 4.21. The van der Waals surface area contributed by atoms with Gasteiger partial charge < -0.3 is 10.6 Å². The van der Waals surface area contributed by atoms with E-state index >= 15 is 0 Å². The average Bonchev–Trinajstić information content (AvgIpc) is 2.64. The summed E-state index contributed by atoms with van der Waals surface area (Å²) in [6.45, 7) is 3.34. The number of benzene rings is 1. The van der Waals surface area contributed by atoms with Gasteiger partial charge >= 0.3 is 5.69 Å². The van der Waals surface area contributed by atoms with Crippen molar-refractivity contribution in [1.82, 2.24) is 15.0 Å². The van der Waals surface area contributed by atoms with Gasteiger partial charge in [-0.05, 0) is 37.6 Å². The van der Waals surface area contributed by atoms with E-state index in [4.69, 9.17) is 0 Å². The van der Waals surface area contributed by atoms with Gasteiger partial charge in [0.15, 0.2) is 5.78 Å². The van der Waals surface area contributed by atoms with Crippen molar-refractivity contribution in [1.29, 1.82) is 0 Å². The molecule has 0 unspecified atom stereocenters. The molecule has 0 bridgehead atoms. The molecule has 3 aromatic rings. The highest BCUT2D eigenvalue weighted by molar-refractivity contribution is 5.95. The lowest BCUT2D eigenvalue weighted by Crippen LogP contribution is -2.06. The van der Waals surface area contributed by atoms with Crippen molar-refractivity contribution in [2.24, 2.45) is 0 Å². The summed E-state index contributed by atoms with van der Waals surface area (Å²) < 4.78 is 0. The van der Waals surface area contributed by atoms with Crippen LogP contribution in [0.4, 0.5) is 28.8 Å². The predicted molar refractivity (Wildman–Crippen MR) is 101 cm³/mol. The minimum absolute atomic E-state index is 0.00492. The molecule has 0 saturated heterocycles. The van der Waals surface area contributed by atoms with Gasteiger partial charge in [0.05, 0.1) is 4.92 Å². The minimum Gasteiger partial charge on any atom is -0.334 e. The zero-order valence-electron chi connectivity index (χ0n) is 14.6. The Labute approximate surface area is 154 Å². The van der Waals surface area contributed by atoms with Crippen molar-refractivity contribution in [3.8, 4) is 0 Å². The fourth-order valence-electron chi connectivity index (χ4n) is 2.35. The van der Waals surface area contributed by atoms with Crippen molar-refractivity contribution in [3.05, 3.63) is 70.2 Å². The molecular weight excluding hydrogens is 348 g/mol. The Morgan fingerprint density at radius 1 is 1.07 bits per heavy atom. The van der Waals surface area contributed by atoms with Crippen LogP contribution < -0.4 is 10.6 Å². The second-order valence-corrected chi connectivity index (χ2v) is 5.78. The third-order valence-corrected chi connectivity index (χ3v) is 3.69. The average molecular weight is 364 g/mol. The third-order valence-electron chi connectivity index (χ3n) is 3.69. The smallest absolute Gasteiger partial charge is 0.334 e. The Hall–Kier alpha value is -3.88. The lowest BCUT2D eigenvalue weighted by atomic mass is 10.1. The Balaban J connectivity index is 1.96. The standard InChI is InChI=1S/C18H16N6O3/c1-11-6-7-15(19-9-11)23-18-16(24(26)27)17(20-10-21-18)22-14-5-3-4-13(8-14)12(2)25/h3-10H,1-2H3,(H2,19,20,21,22,23). The summed E-state index contributed by atoms with van der Waals surface area (Å²) in [6, 6.07) is 10.2. The molecule has 0 saturated carbocycles. The first-order valence-corrected chi connectivity index (χ1v) is 8.01. The molecule has 0 atom stereocenters. The zero-order chi connectivity index (χ0) is 19.4. The van der Waals surface area contributed by atoms with Crippen molar-refractivity contribution in [2.75, 3.05) is 10.6 Å². The predicted octanol–water partition coefficient (Wildman–Crippen LogP) is 3.78. The number of hydrogen-bond donors (Lipinski definition) is 2. The molecule has 0 aliphatic heterocycles. The highest BCUT2D eigenvalue weighted by Crippen LogP contribution is 2.32. The van der Waals surface area contributed by atoms with Crippen LogP contribution in [0.2, 0.25) is 0 Å². The molecule has 9 heteroatoms. The summed E-state index contributed by atoms with van der Waals surface area (Å²) in [7, 11) is 0. The number of rotatable bonds is 6. The van der Waals surface area contributed by atoms with Gasteiger partial charge in [-0.15, -0.1) is 0 Å². The number of nitrogens with zero attached hydrogens (tertiary/aromatic N) is 4. The molecule has 0 amide bonds. The summed E-state index contributed by atoms with van der Waals surface area (Å²) in [5, 5.41) is 17.3. The number of hydrogen-bond acceptors (Lipinski definition) is 8. The number of aryl methyl sites for hydroxylation is 1. The quantitative estimate of drug-likeness (QED) is 0.385. The fraction of sp³-hybridized carbons (Fsp3) is 0.111. The van der Waals surface area contributed by atoms with E-state index in [0.717, 1.165) is 5.56 Å². The molecular formula is C18H16N6O3. The van der Waals surface area contributed by atoms with E-state index < -0.39 is 4.92 Å². The summed E-state index contributed by atoms with van der Waals surface area (Å²) >= 11 is 0. The molecule has 2 N–H and O–H groups in total. The Morgan fingerprint density at radius 3 is 2.44 bits per heavy atom. The Kier molecular flexibility index (Phi) is 5.02. The van der Waals surface area contributed by atoms with Gasteiger partial charge in [0.1, 0.15) is 12.1 Å². The maximum atomic E-state index is 11.6. The lowest BCUT2D eigenvalue weighted by Gasteiger charge is -2.10. The minimum atomic E-state index is -0.576. The van der Waals surface area contributed by atoms with E-state index in [1.165, 1.54) is 13.3 Å². The van der Waals surface area contributed by atoms with Gasteiger partial charge in [-0.2, -0.15) is 0 Å². The largest absolute Gasteiger partial charge is 0.353 e. The van der Waals surface area contributed by atoms with Gasteiger partial charge in [-0.3, -0.25) is 14.9 Å². The van der Waals surface area contributed by atoms with Crippen LogP contribution in [0.1, 0.15) is 22.8 Å². The second-order valence-electron chi connectivity index (χ2n) is 5.78. The monoisotopic (exact) mass is 364 g/mol. The summed E-state index contributed by atoms with van der Waals surface area (Å²) in [5.41, 5.74) is 1.63. The topological polar surface area (TPSA) is 123 Å². The van der Waals surface area contributed by atoms with Crippen molar-refractivity contribution in [3.63, 3.8) is 0 Å². The maximum absolute atomic E-state index is 11.6. The molecule has 3 rings (SSSR count). The van der Waals surface area contributed by atoms with Crippen molar-refractivity contribution < 1.29 is 9.72 Å². The molecule has 0 spiro atoms. The summed E-state index contributed by atoms with van der Waals surface area (Å²) in [6.07, 6.45) is 2.85. The number of Topliss-reactive ketones (excluding diaryl/α,β-unsaturated/α-hetero) is 1. The number of aromatic nitrogens is 3. The van der Waals surface area contributed by atoms with E-state index in [0.29, 0.717) is 17.1 Å². The SMILES string of the molecule is CC(=O)c1cccc(Nc2ncnc(Nc3ccc(C)cn3)c2[N+](=O)[O-])c1. The van der Waals surface area contributed by atoms with Crippen LogP contribution in [0.25, 0.3) is 0 Å². The fourth-order valence-corrected chi connectivity index (χ4v) is 2.35. The van der Waals surface area contributed by atoms with Gasteiger partial charge in [0, 0.05) is 17.4 Å². The highest BCUT2D eigenvalue weighted by Gasteiger charge is 2.23. The molecule has 2 heterocycles. The van der Waals surface area contributed by atoms with Crippen LogP contribution >= 0.6 is 0 Å². The van der Waals surface area contributed by atoms with Gasteiger partial charge in [0.2, 0.25) is 11.6 Å². The molecule has 27 heavy (non-hydrogen) atoms. The molecule has 2 aromatic heterocycles. The number of ketones is 1. The molecule has 136 valence electrons. The summed E-state index contributed by atoms with van der Waals surface area (Å²) in [4.78, 5) is 34.7. The van der Waals surface area contributed by atoms with E-state index in [-0.39, 0.29) is 23.1 Å². The first-order valence-electron chi connectivity index (χ1n) is 8.01. The van der Waals surface area contributed by atoms with E-state index in [1.807, 2.05) is 13.0 Å². The number of nitro groups is 1.